The predicted octanol–water partition coefficient (Wildman–Crippen LogP) is 4.58. The van der Waals surface area contributed by atoms with Crippen LogP contribution < -0.4 is 5.73 Å². The van der Waals surface area contributed by atoms with Crippen LogP contribution in [0.25, 0.3) is 0 Å². The molecule has 3 aromatic rings. The lowest BCUT2D eigenvalue weighted by Gasteiger charge is -2.19. The lowest BCUT2D eigenvalue weighted by molar-refractivity contribution is -0.385. The number of rotatable bonds is 13. The van der Waals surface area contributed by atoms with Crippen molar-refractivity contribution in [3.8, 4) is 0 Å². The molecule has 194 valence electrons. The Morgan fingerprint density at radius 2 is 1.27 bits per heavy atom. The zero-order valence-electron chi connectivity index (χ0n) is 19.5. The van der Waals surface area contributed by atoms with Gasteiger partial charge >= 0.3 is 13.6 Å². The van der Waals surface area contributed by atoms with Crippen LogP contribution in [0.2, 0.25) is 0 Å². The summed E-state index contributed by atoms with van der Waals surface area (Å²) in [5.41, 5.74) is 6.66. The van der Waals surface area contributed by atoms with Crippen LogP contribution in [0.5, 0.6) is 0 Å². The Bertz CT molecular complexity index is 1270. The number of nitrogens with two attached hydrogens (primary N) is 1. The summed E-state index contributed by atoms with van der Waals surface area (Å²) in [6.07, 6.45) is -0.144. The van der Waals surface area contributed by atoms with Crippen molar-refractivity contribution in [3.63, 3.8) is 0 Å². The van der Waals surface area contributed by atoms with Gasteiger partial charge in [0, 0.05) is 12.1 Å². The van der Waals surface area contributed by atoms with Crippen molar-refractivity contribution >= 4 is 24.9 Å². The molecule has 0 aliphatic carbocycles. The molecular formula is C24H24N3O9P. The second kappa shape index (κ2) is 12.3. The highest BCUT2D eigenvalue weighted by atomic mass is 31.2. The molecular weight excluding hydrogens is 505 g/mol. The average molecular weight is 529 g/mol. The van der Waals surface area contributed by atoms with Gasteiger partial charge in [0.15, 0.2) is 0 Å². The standard InChI is InChI=1S/C24H24N3O9P/c25-21(24(28)29)13-17-9-11-18(12-10-17)16-37(34,35-14-19-5-1-3-7-22(19)26(30)31)36-15-20-6-2-4-8-23(20)27(32)33/h1-12,21H,13-16,25H2,(H,28,29)/t21-/m0/s1. The van der Waals surface area contributed by atoms with Crippen LogP contribution in [-0.4, -0.2) is 27.0 Å². The van der Waals surface area contributed by atoms with E-state index in [4.69, 9.17) is 19.9 Å². The maximum Gasteiger partial charge on any atom is 0.335 e. The number of aliphatic carboxylic acids is 1. The molecule has 0 aliphatic rings. The molecule has 0 radical (unpaired) electrons. The molecule has 12 nitrogen and oxygen atoms in total. The van der Waals surface area contributed by atoms with E-state index in [1.165, 1.54) is 36.4 Å². The van der Waals surface area contributed by atoms with Gasteiger partial charge in [-0.3, -0.25) is 29.6 Å². The van der Waals surface area contributed by atoms with Gasteiger partial charge in [-0.05, 0) is 29.7 Å². The van der Waals surface area contributed by atoms with Gasteiger partial charge in [-0.25, -0.2) is 0 Å². The molecule has 0 spiro atoms. The molecule has 0 fully saturated rings. The first kappa shape index (κ1) is 27.6. The second-order valence-corrected chi connectivity index (χ2v) is 10.1. The minimum Gasteiger partial charge on any atom is -0.480 e. The molecule has 13 heteroatoms. The highest BCUT2D eigenvalue weighted by Crippen LogP contribution is 2.53. The maximum absolute atomic E-state index is 13.8. The molecule has 3 rings (SSSR count). The van der Waals surface area contributed by atoms with E-state index in [1.807, 2.05) is 0 Å². The fraction of sp³-hybridized carbons (Fsp3) is 0.208. The molecule has 1 atom stereocenters. The first-order chi connectivity index (χ1) is 17.6. The topological polar surface area (TPSA) is 185 Å². The summed E-state index contributed by atoms with van der Waals surface area (Å²) in [6, 6.07) is 17.0. The summed E-state index contributed by atoms with van der Waals surface area (Å²) in [5.74, 6) is -1.14. The Kier molecular flexibility index (Phi) is 9.20. The summed E-state index contributed by atoms with van der Waals surface area (Å²) >= 11 is 0. The number of hydrogen-bond donors (Lipinski definition) is 2. The molecule has 3 aromatic carbocycles. The number of carboxylic acid groups (broad SMARTS) is 1. The fourth-order valence-electron chi connectivity index (χ4n) is 3.43. The van der Waals surface area contributed by atoms with Crippen LogP contribution in [0.4, 0.5) is 11.4 Å². The van der Waals surface area contributed by atoms with Gasteiger partial charge in [-0.1, -0.05) is 48.5 Å². The fourth-order valence-corrected chi connectivity index (χ4v) is 5.02. The zero-order chi connectivity index (χ0) is 27.0. The van der Waals surface area contributed by atoms with Gasteiger partial charge in [-0.2, -0.15) is 0 Å². The van der Waals surface area contributed by atoms with Crippen LogP contribution in [0.3, 0.4) is 0 Å². The Morgan fingerprint density at radius 3 is 1.70 bits per heavy atom. The third-order valence-electron chi connectivity index (χ3n) is 5.38. The maximum atomic E-state index is 13.8. The molecule has 0 heterocycles. The molecule has 0 saturated heterocycles. The number of nitrogens with zero attached hydrogens (tertiary/aromatic N) is 2. The Hall–Kier alpha value is -3.96. The largest absolute Gasteiger partial charge is 0.480 e. The monoisotopic (exact) mass is 529 g/mol. The van der Waals surface area contributed by atoms with E-state index in [-0.39, 0.29) is 35.1 Å². The van der Waals surface area contributed by atoms with Gasteiger partial charge in [0.05, 0.1) is 40.3 Å². The summed E-state index contributed by atoms with van der Waals surface area (Å²) in [7, 11) is -3.99. The normalized spacial score (nSPS) is 12.1. The van der Waals surface area contributed by atoms with Crippen molar-refractivity contribution in [2.24, 2.45) is 5.73 Å². The van der Waals surface area contributed by atoms with Gasteiger partial charge < -0.3 is 19.9 Å². The van der Waals surface area contributed by atoms with Crippen LogP contribution in [0, 0.1) is 20.2 Å². The number of nitro benzene ring substituents is 2. The highest BCUT2D eigenvalue weighted by molar-refractivity contribution is 7.52. The number of hydrogen-bond acceptors (Lipinski definition) is 9. The SMILES string of the molecule is N[C@@H](Cc1ccc(CP(=O)(OCc2ccccc2[N+](=O)[O-])OCc2ccccc2[N+](=O)[O-])cc1)C(=O)O. The number of para-hydroxylation sites is 2. The van der Waals surface area contributed by atoms with Gasteiger partial charge in [-0.15, -0.1) is 0 Å². The van der Waals surface area contributed by atoms with Crippen LogP contribution >= 0.6 is 7.60 Å². The van der Waals surface area contributed by atoms with E-state index in [0.717, 1.165) is 0 Å². The van der Waals surface area contributed by atoms with Crippen LogP contribution in [0.1, 0.15) is 22.3 Å². The van der Waals surface area contributed by atoms with E-state index in [1.54, 1.807) is 36.4 Å². The predicted molar refractivity (Wildman–Crippen MR) is 133 cm³/mol. The molecule has 0 bridgehead atoms. The Morgan fingerprint density at radius 1 is 0.838 bits per heavy atom. The Balaban J connectivity index is 1.83. The van der Waals surface area contributed by atoms with E-state index < -0.39 is 42.7 Å². The van der Waals surface area contributed by atoms with Crippen molar-refractivity contribution < 1.29 is 33.4 Å². The second-order valence-electron chi connectivity index (χ2n) is 8.05. The molecule has 37 heavy (non-hydrogen) atoms. The van der Waals surface area contributed by atoms with Crippen molar-refractivity contribution in [2.75, 3.05) is 0 Å². The average Bonchev–Trinajstić information content (AvgIpc) is 2.87. The molecule has 0 amide bonds. The lowest BCUT2D eigenvalue weighted by Crippen LogP contribution is -2.32. The minimum absolute atomic E-state index is 0.0929. The summed E-state index contributed by atoms with van der Waals surface area (Å²) in [4.78, 5) is 32.5. The van der Waals surface area contributed by atoms with Gasteiger partial charge in [0.2, 0.25) is 0 Å². The minimum atomic E-state index is -3.99. The number of carboxylic acids is 1. The van der Waals surface area contributed by atoms with Crippen molar-refractivity contribution in [2.45, 2.75) is 31.8 Å². The molecule has 0 aromatic heterocycles. The first-order valence-electron chi connectivity index (χ1n) is 11.0. The van der Waals surface area contributed by atoms with Gasteiger partial charge in [0.25, 0.3) is 11.4 Å². The smallest absolute Gasteiger partial charge is 0.335 e. The summed E-state index contributed by atoms with van der Waals surface area (Å²) < 4.78 is 25.0. The first-order valence-corrected chi connectivity index (χ1v) is 12.7. The van der Waals surface area contributed by atoms with E-state index in [9.17, 15) is 29.6 Å². The lowest BCUT2D eigenvalue weighted by atomic mass is 10.1. The van der Waals surface area contributed by atoms with E-state index >= 15 is 0 Å². The number of nitro groups is 2. The Labute approximate surface area is 211 Å². The van der Waals surface area contributed by atoms with Gasteiger partial charge in [0.1, 0.15) is 6.04 Å². The van der Waals surface area contributed by atoms with Crippen molar-refractivity contribution in [1.82, 2.24) is 0 Å². The quantitative estimate of drug-likeness (QED) is 0.180. The third-order valence-corrected chi connectivity index (χ3v) is 7.18. The van der Waals surface area contributed by atoms with Crippen molar-refractivity contribution in [3.05, 3.63) is 115 Å². The molecule has 3 N–H and O–H groups in total. The number of carbonyl (C=O) groups is 1. The molecule has 0 saturated carbocycles. The zero-order valence-corrected chi connectivity index (χ0v) is 20.4. The van der Waals surface area contributed by atoms with E-state index in [2.05, 4.69) is 0 Å². The number of benzene rings is 3. The van der Waals surface area contributed by atoms with Crippen LogP contribution in [0.15, 0.2) is 72.8 Å². The molecule has 0 unspecified atom stereocenters. The molecule has 0 aliphatic heterocycles. The highest BCUT2D eigenvalue weighted by Gasteiger charge is 2.28. The third kappa shape index (κ3) is 7.76. The van der Waals surface area contributed by atoms with Crippen LogP contribution in [-0.2, 0) is 44.2 Å². The summed E-state index contributed by atoms with van der Waals surface area (Å²) in [5, 5.41) is 31.7. The van der Waals surface area contributed by atoms with E-state index in [0.29, 0.717) is 11.1 Å². The summed E-state index contributed by atoms with van der Waals surface area (Å²) in [6.45, 7) is -0.784. The van der Waals surface area contributed by atoms with Crippen molar-refractivity contribution in [1.29, 1.82) is 0 Å².